The van der Waals surface area contributed by atoms with Gasteiger partial charge in [-0.1, -0.05) is 0 Å². The molecule has 0 atom stereocenters. The van der Waals surface area contributed by atoms with E-state index in [0.29, 0.717) is 25.5 Å². The molecule has 2 heterocycles. The molecule has 7 heteroatoms. The van der Waals surface area contributed by atoms with Crippen LogP contribution < -0.4 is 11.3 Å². The lowest BCUT2D eigenvalue weighted by atomic mass is 10.2. The van der Waals surface area contributed by atoms with E-state index >= 15 is 0 Å². The van der Waals surface area contributed by atoms with Gasteiger partial charge < -0.3 is 15.1 Å². The fraction of sp³-hybridized carbons (Fsp3) is 0.538. The van der Waals surface area contributed by atoms with Crippen LogP contribution in [0.1, 0.15) is 12.5 Å². The van der Waals surface area contributed by atoms with Gasteiger partial charge in [0.1, 0.15) is 5.82 Å². The first kappa shape index (κ1) is 14.5. The number of hydrazine groups is 1. The Hall–Kier alpha value is -1.86. The molecular weight excluding hydrogens is 258 g/mol. The summed E-state index contributed by atoms with van der Waals surface area (Å²) in [6, 6.07) is 3.90. The first-order valence-electron chi connectivity index (χ1n) is 6.78. The summed E-state index contributed by atoms with van der Waals surface area (Å²) in [4.78, 5) is 19.7. The molecule has 1 saturated heterocycles. The minimum Gasteiger partial charge on any atom is -0.450 e. The van der Waals surface area contributed by atoms with E-state index in [1.807, 2.05) is 19.1 Å². The Morgan fingerprint density at radius 2 is 2.20 bits per heavy atom. The van der Waals surface area contributed by atoms with Crippen LogP contribution in [0, 0.1) is 0 Å². The molecule has 1 aromatic heterocycles. The molecule has 7 nitrogen and oxygen atoms in total. The Bertz CT molecular complexity index is 446. The summed E-state index contributed by atoms with van der Waals surface area (Å²) < 4.78 is 5.00. The van der Waals surface area contributed by atoms with Crippen molar-refractivity contribution in [2.45, 2.75) is 13.5 Å². The number of nitrogen functional groups attached to an aromatic ring is 1. The summed E-state index contributed by atoms with van der Waals surface area (Å²) in [5.41, 5.74) is 3.69. The summed E-state index contributed by atoms with van der Waals surface area (Å²) in [7, 11) is 0. The highest BCUT2D eigenvalue weighted by atomic mass is 16.6. The number of carbonyl (C=O) groups is 1. The summed E-state index contributed by atoms with van der Waals surface area (Å²) >= 11 is 0. The van der Waals surface area contributed by atoms with Gasteiger partial charge in [-0.25, -0.2) is 15.6 Å². The van der Waals surface area contributed by atoms with Gasteiger partial charge in [0.2, 0.25) is 0 Å². The van der Waals surface area contributed by atoms with E-state index in [4.69, 9.17) is 10.6 Å². The van der Waals surface area contributed by atoms with Gasteiger partial charge in [0.15, 0.2) is 0 Å². The predicted molar refractivity (Wildman–Crippen MR) is 75.9 cm³/mol. The number of hydrogen-bond donors (Lipinski definition) is 2. The number of aromatic nitrogens is 1. The van der Waals surface area contributed by atoms with Gasteiger partial charge in [0, 0.05) is 38.9 Å². The summed E-state index contributed by atoms with van der Waals surface area (Å²) in [6.07, 6.45) is 1.52. The molecule has 0 aliphatic carbocycles. The molecule has 0 aromatic carbocycles. The minimum absolute atomic E-state index is 0.217. The van der Waals surface area contributed by atoms with Crippen LogP contribution in [-0.4, -0.2) is 53.7 Å². The predicted octanol–water partition coefficient (Wildman–Crippen LogP) is 0.641. The van der Waals surface area contributed by atoms with Crippen LogP contribution >= 0.6 is 0 Å². The van der Waals surface area contributed by atoms with Crippen molar-refractivity contribution in [2.24, 2.45) is 5.84 Å². The lowest BCUT2D eigenvalue weighted by molar-refractivity contribution is 0.0778. The lowest BCUT2D eigenvalue weighted by Gasteiger charge is -2.34. The third-order valence-electron chi connectivity index (χ3n) is 3.28. The molecule has 1 fully saturated rings. The van der Waals surface area contributed by atoms with Gasteiger partial charge in [0.05, 0.1) is 6.61 Å². The maximum absolute atomic E-state index is 11.6. The van der Waals surface area contributed by atoms with Crippen molar-refractivity contribution in [1.29, 1.82) is 0 Å². The maximum atomic E-state index is 11.6. The second kappa shape index (κ2) is 7.06. The second-order valence-corrected chi connectivity index (χ2v) is 4.66. The van der Waals surface area contributed by atoms with Crippen molar-refractivity contribution in [3.8, 4) is 0 Å². The molecule has 2 rings (SSSR count). The number of nitrogens with zero attached hydrogens (tertiary/aromatic N) is 3. The highest BCUT2D eigenvalue weighted by Gasteiger charge is 2.21. The van der Waals surface area contributed by atoms with Crippen LogP contribution in [0.3, 0.4) is 0 Å². The van der Waals surface area contributed by atoms with E-state index in [1.54, 1.807) is 11.1 Å². The molecule has 0 saturated carbocycles. The molecule has 20 heavy (non-hydrogen) atoms. The second-order valence-electron chi connectivity index (χ2n) is 4.66. The van der Waals surface area contributed by atoms with Crippen molar-refractivity contribution in [1.82, 2.24) is 14.8 Å². The number of carbonyl (C=O) groups excluding carboxylic acids is 1. The number of rotatable bonds is 4. The van der Waals surface area contributed by atoms with E-state index in [1.165, 1.54) is 0 Å². The maximum Gasteiger partial charge on any atom is 0.409 e. The van der Waals surface area contributed by atoms with E-state index < -0.39 is 0 Å². The average molecular weight is 279 g/mol. The number of pyridine rings is 1. The Balaban J connectivity index is 1.83. The van der Waals surface area contributed by atoms with Gasteiger partial charge in [0.25, 0.3) is 0 Å². The number of nitrogens with one attached hydrogen (secondary N) is 1. The Morgan fingerprint density at radius 3 is 2.85 bits per heavy atom. The van der Waals surface area contributed by atoms with Crippen LogP contribution in [0.4, 0.5) is 10.6 Å². The number of anilines is 1. The lowest BCUT2D eigenvalue weighted by Crippen LogP contribution is -2.48. The number of nitrogens with two attached hydrogens (primary N) is 1. The fourth-order valence-corrected chi connectivity index (χ4v) is 2.21. The highest BCUT2D eigenvalue weighted by Crippen LogP contribution is 2.11. The third kappa shape index (κ3) is 3.82. The summed E-state index contributed by atoms with van der Waals surface area (Å²) in [5, 5.41) is 0. The smallest absolute Gasteiger partial charge is 0.409 e. The number of amides is 1. The van der Waals surface area contributed by atoms with E-state index in [-0.39, 0.29) is 6.09 Å². The zero-order valence-electron chi connectivity index (χ0n) is 11.7. The molecule has 0 bridgehead atoms. The molecular formula is C13H21N5O2. The molecule has 1 aromatic rings. The van der Waals surface area contributed by atoms with E-state index in [0.717, 1.165) is 25.2 Å². The van der Waals surface area contributed by atoms with Gasteiger partial charge in [-0.15, -0.1) is 0 Å². The molecule has 0 spiro atoms. The Kier molecular flexibility index (Phi) is 5.14. The molecule has 0 unspecified atom stereocenters. The average Bonchev–Trinajstić information content (AvgIpc) is 2.48. The van der Waals surface area contributed by atoms with Crippen LogP contribution in [0.2, 0.25) is 0 Å². The van der Waals surface area contributed by atoms with Crippen molar-refractivity contribution in [3.05, 3.63) is 23.9 Å². The first-order valence-corrected chi connectivity index (χ1v) is 6.78. The van der Waals surface area contributed by atoms with Crippen LogP contribution in [0.5, 0.6) is 0 Å². The number of hydrogen-bond acceptors (Lipinski definition) is 6. The molecule has 0 radical (unpaired) electrons. The van der Waals surface area contributed by atoms with Gasteiger partial charge in [-0.05, 0) is 24.6 Å². The summed E-state index contributed by atoms with van der Waals surface area (Å²) in [5.74, 6) is 6.01. The first-order chi connectivity index (χ1) is 9.72. The standard InChI is InChI=1S/C13H21N5O2/c1-2-20-13(19)18-7-5-17(6-8-18)10-11-3-4-15-12(9-11)16-14/h3-4,9H,2,5-8,10,14H2,1H3,(H,15,16). The monoisotopic (exact) mass is 279 g/mol. The Labute approximate surface area is 118 Å². The fourth-order valence-electron chi connectivity index (χ4n) is 2.21. The topological polar surface area (TPSA) is 83.7 Å². The van der Waals surface area contributed by atoms with Gasteiger partial charge in [-0.2, -0.15) is 0 Å². The van der Waals surface area contributed by atoms with Crippen LogP contribution in [0.25, 0.3) is 0 Å². The molecule has 1 amide bonds. The van der Waals surface area contributed by atoms with Crippen molar-refractivity contribution < 1.29 is 9.53 Å². The summed E-state index contributed by atoms with van der Waals surface area (Å²) in [6.45, 7) is 6.15. The highest BCUT2D eigenvalue weighted by molar-refractivity contribution is 5.67. The van der Waals surface area contributed by atoms with Gasteiger partial charge in [-0.3, -0.25) is 4.90 Å². The largest absolute Gasteiger partial charge is 0.450 e. The third-order valence-corrected chi connectivity index (χ3v) is 3.28. The van der Waals surface area contributed by atoms with Crippen molar-refractivity contribution >= 4 is 11.9 Å². The molecule has 1 aliphatic heterocycles. The molecule has 1 aliphatic rings. The van der Waals surface area contributed by atoms with Crippen molar-refractivity contribution in [2.75, 3.05) is 38.2 Å². The SMILES string of the molecule is CCOC(=O)N1CCN(Cc2ccnc(NN)c2)CC1. The molecule has 110 valence electrons. The normalized spacial score (nSPS) is 16.0. The number of ether oxygens (including phenoxy) is 1. The molecule has 3 N–H and O–H groups in total. The van der Waals surface area contributed by atoms with E-state index in [9.17, 15) is 4.79 Å². The quantitative estimate of drug-likeness (QED) is 0.621. The zero-order chi connectivity index (χ0) is 14.4. The van der Waals surface area contributed by atoms with E-state index in [2.05, 4.69) is 15.3 Å². The van der Waals surface area contributed by atoms with Crippen LogP contribution in [0.15, 0.2) is 18.3 Å². The van der Waals surface area contributed by atoms with Crippen molar-refractivity contribution in [3.63, 3.8) is 0 Å². The van der Waals surface area contributed by atoms with Gasteiger partial charge >= 0.3 is 6.09 Å². The Morgan fingerprint density at radius 1 is 1.45 bits per heavy atom. The minimum atomic E-state index is -0.217. The zero-order valence-corrected chi connectivity index (χ0v) is 11.7. The number of piperazine rings is 1. The van der Waals surface area contributed by atoms with Crippen LogP contribution in [-0.2, 0) is 11.3 Å².